The number of phenolic OH excluding ortho intramolecular Hbond substituents is 1. The fourth-order valence-corrected chi connectivity index (χ4v) is 0.805. The molecule has 0 spiro atoms. The van der Waals surface area contributed by atoms with Gasteiger partial charge in [-0.25, -0.2) is 0 Å². The summed E-state index contributed by atoms with van der Waals surface area (Å²) in [6.07, 6.45) is 0. The van der Waals surface area contributed by atoms with Gasteiger partial charge in [-0.3, -0.25) is 0 Å². The molecule has 1 rings (SSSR count). The molecule has 0 aromatic heterocycles. The topological polar surface area (TPSA) is 101 Å². The molecule has 14 heavy (non-hydrogen) atoms. The Labute approximate surface area is 123 Å². The first-order valence-corrected chi connectivity index (χ1v) is 3.23. The summed E-state index contributed by atoms with van der Waals surface area (Å²) in [4.78, 5) is 10.3. The molecule has 0 unspecified atom stereocenters. The Kier molecular flexibility index (Phi) is 8.41. The number of methoxy groups -OCH3 is 1. The van der Waals surface area contributed by atoms with E-state index in [-0.39, 0.29) is 73.9 Å². The van der Waals surface area contributed by atoms with Gasteiger partial charge in [-0.1, -0.05) is 0 Å². The van der Waals surface area contributed by atoms with Crippen LogP contribution >= 0.6 is 0 Å². The summed E-state index contributed by atoms with van der Waals surface area (Å²) in [5, 5.41) is 19.4. The molecule has 0 amide bonds. The zero-order valence-corrected chi connectivity index (χ0v) is 11.0. The van der Waals surface area contributed by atoms with Gasteiger partial charge in [-0.2, -0.15) is 0 Å². The molecule has 6 heteroatoms. The van der Waals surface area contributed by atoms with Crippen molar-refractivity contribution in [3.05, 3.63) is 23.8 Å². The largest absolute Gasteiger partial charge is 1.00 e. The molecule has 0 fully saturated rings. The van der Waals surface area contributed by atoms with Crippen molar-refractivity contribution in [2.75, 3.05) is 7.11 Å². The van der Waals surface area contributed by atoms with Gasteiger partial charge in [-0.05, 0) is 18.2 Å². The molecular formula is C8H9KO5. The van der Waals surface area contributed by atoms with Crippen molar-refractivity contribution in [1.82, 2.24) is 0 Å². The summed E-state index contributed by atoms with van der Waals surface area (Å²) in [6, 6.07) is 3.68. The van der Waals surface area contributed by atoms with Crippen LogP contribution in [0.2, 0.25) is 0 Å². The Morgan fingerprint density at radius 1 is 1.50 bits per heavy atom. The average molecular weight is 224 g/mol. The van der Waals surface area contributed by atoms with Crippen LogP contribution in [0.25, 0.3) is 0 Å². The molecule has 0 aliphatic carbocycles. The third kappa shape index (κ3) is 3.95. The summed E-state index contributed by atoms with van der Waals surface area (Å²) in [6.45, 7) is 0. The minimum Gasteiger partial charge on any atom is -0.545 e. The normalized spacial score (nSPS) is 8.07. The van der Waals surface area contributed by atoms with Gasteiger partial charge in [0.2, 0.25) is 0 Å². The van der Waals surface area contributed by atoms with E-state index >= 15 is 0 Å². The Balaban J connectivity index is 0. The number of carboxylic acids is 1. The van der Waals surface area contributed by atoms with Crippen molar-refractivity contribution < 1.29 is 76.6 Å². The van der Waals surface area contributed by atoms with Gasteiger partial charge in [0, 0.05) is 5.56 Å². The summed E-state index contributed by atoms with van der Waals surface area (Å²) < 4.78 is 4.69. The zero-order chi connectivity index (χ0) is 9.14. The van der Waals surface area contributed by atoms with Gasteiger partial charge in [0.05, 0.1) is 13.1 Å². The van der Waals surface area contributed by atoms with E-state index in [4.69, 9.17) is 9.84 Å². The molecule has 5 nitrogen and oxygen atoms in total. The molecule has 0 saturated heterocycles. The molecule has 0 saturated carbocycles. The third-order valence-corrected chi connectivity index (χ3v) is 1.42. The number of carbonyl (C=O) groups is 1. The fraction of sp³-hybridized carbons (Fsp3) is 0.125. The molecule has 0 heterocycles. The first-order valence-electron chi connectivity index (χ1n) is 3.23. The van der Waals surface area contributed by atoms with Crippen LogP contribution in [0.15, 0.2) is 18.2 Å². The van der Waals surface area contributed by atoms with Gasteiger partial charge in [0.1, 0.15) is 0 Å². The van der Waals surface area contributed by atoms with Gasteiger partial charge in [-0.15, -0.1) is 0 Å². The molecule has 0 atom stereocenters. The van der Waals surface area contributed by atoms with E-state index in [1.807, 2.05) is 0 Å². The van der Waals surface area contributed by atoms with Crippen molar-refractivity contribution in [3.63, 3.8) is 0 Å². The third-order valence-electron chi connectivity index (χ3n) is 1.42. The Bertz CT molecular complexity index is 313. The number of hydrogen-bond acceptors (Lipinski definition) is 4. The molecule has 0 aliphatic heterocycles. The molecule has 1 aromatic rings. The van der Waals surface area contributed by atoms with E-state index in [9.17, 15) is 9.90 Å². The number of hydrogen-bond donors (Lipinski definition) is 1. The number of phenols is 1. The minimum atomic E-state index is -1.30. The summed E-state index contributed by atoms with van der Waals surface area (Å²) >= 11 is 0. The van der Waals surface area contributed by atoms with Crippen LogP contribution in [0.4, 0.5) is 0 Å². The van der Waals surface area contributed by atoms with Crippen molar-refractivity contribution in [2.24, 2.45) is 0 Å². The Morgan fingerprint density at radius 2 is 2.07 bits per heavy atom. The number of benzene rings is 1. The van der Waals surface area contributed by atoms with Crippen molar-refractivity contribution in [3.8, 4) is 11.5 Å². The first kappa shape index (κ1) is 16.3. The Morgan fingerprint density at radius 3 is 2.50 bits per heavy atom. The number of aromatic hydroxyl groups is 1. The SMILES string of the molecule is COc1cc(C(=O)[O-])ccc1O.O.[K+]. The van der Waals surface area contributed by atoms with Crippen molar-refractivity contribution in [1.29, 1.82) is 0 Å². The van der Waals surface area contributed by atoms with Crippen LogP contribution in [0.3, 0.4) is 0 Å². The van der Waals surface area contributed by atoms with Crippen LogP contribution in [0.5, 0.6) is 11.5 Å². The predicted molar refractivity (Wildman–Crippen MR) is 42.6 cm³/mol. The van der Waals surface area contributed by atoms with Crippen molar-refractivity contribution in [2.45, 2.75) is 0 Å². The van der Waals surface area contributed by atoms with Crippen LogP contribution in [0, 0.1) is 0 Å². The van der Waals surface area contributed by atoms with Gasteiger partial charge in [0.15, 0.2) is 11.5 Å². The van der Waals surface area contributed by atoms with Crippen LogP contribution in [-0.2, 0) is 0 Å². The van der Waals surface area contributed by atoms with E-state index in [2.05, 4.69) is 0 Å². The molecule has 72 valence electrons. The number of ether oxygens (including phenoxy) is 1. The fourth-order valence-electron chi connectivity index (χ4n) is 0.805. The average Bonchev–Trinajstić information content (AvgIpc) is 2.05. The second-order valence-electron chi connectivity index (χ2n) is 2.17. The quantitative estimate of drug-likeness (QED) is 0.516. The van der Waals surface area contributed by atoms with E-state index in [1.54, 1.807) is 0 Å². The second-order valence-corrected chi connectivity index (χ2v) is 2.17. The summed E-state index contributed by atoms with van der Waals surface area (Å²) in [5.74, 6) is -1.27. The number of rotatable bonds is 2. The van der Waals surface area contributed by atoms with E-state index < -0.39 is 5.97 Å². The zero-order valence-electron chi connectivity index (χ0n) is 7.90. The van der Waals surface area contributed by atoms with Gasteiger partial charge in [0.25, 0.3) is 0 Å². The van der Waals surface area contributed by atoms with E-state index in [0.717, 1.165) is 0 Å². The molecule has 0 aliphatic rings. The van der Waals surface area contributed by atoms with Crippen molar-refractivity contribution >= 4 is 5.97 Å². The maximum atomic E-state index is 10.3. The molecular weight excluding hydrogens is 215 g/mol. The minimum absolute atomic E-state index is 0. The maximum absolute atomic E-state index is 10.3. The monoisotopic (exact) mass is 224 g/mol. The maximum Gasteiger partial charge on any atom is 1.00 e. The van der Waals surface area contributed by atoms with Crippen LogP contribution < -0.4 is 61.2 Å². The molecule has 1 aromatic carbocycles. The Hall–Kier alpha value is -0.114. The first-order chi connectivity index (χ1) is 5.65. The number of aromatic carboxylic acids is 1. The smallest absolute Gasteiger partial charge is 0.545 e. The molecule has 3 N–H and O–H groups in total. The molecule has 0 bridgehead atoms. The molecule has 0 radical (unpaired) electrons. The van der Waals surface area contributed by atoms with Gasteiger partial charge >= 0.3 is 51.4 Å². The number of carbonyl (C=O) groups excluding carboxylic acids is 1. The van der Waals surface area contributed by atoms with E-state index in [1.165, 1.54) is 25.3 Å². The number of carboxylic acid groups (broad SMARTS) is 1. The van der Waals surface area contributed by atoms with Gasteiger partial charge < -0.3 is 25.2 Å². The summed E-state index contributed by atoms with van der Waals surface area (Å²) in [7, 11) is 1.34. The standard InChI is InChI=1S/C8H8O4.K.H2O/c1-12-7-4-5(8(10)11)2-3-6(7)9;;/h2-4,9H,1H3,(H,10,11);;1H2/q;+1;/p-1. The summed E-state index contributed by atoms with van der Waals surface area (Å²) in [5.41, 5.74) is -0.0235. The van der Waals surface area contributed by atoms with E-state index in [0.29, 0.717) is 0 Å². The second kappa shape index (κ2) is 7.21. The predicted octanol–water partition coefficient (Wildman–Crippen LogP) is -4.06. The van der Waals surface area contributed by atoms with Crippen LogP contribution in [-0.4, -0.2) is 23.7 Å². The van der Waals surface area contributed by atoms with Crippen LogP contribution in [0.1, 0.15) is 10.4 Å².